The molecule has 0 N–H and O–H groups in total. The van der Waals surface area contributed by atoms with Crippen LogP contribution in [-0.4, -0.2) is 39.0 Å². The second-order valence-corrected chi connectivity index (χ2v) is 6.50. The van der Waals surface area contributed by atoms with Crippen molar-refractivity contribution < 1.29 is 13.2 Å². The molecule has 1 atom stereocenters. The molecule has 6 heteroatoms. The summed E-state index contributed by atoms with van der Waals surface area (Å²) in [5.41, 5.74) is 0.598. The summed E-state index contributed by atoms with van der Waals surface area (Å²) in [6.45, 7) is 1.60. The summed E-state index contributed by atoms with van der Waals surface area (Å²) >= 11 is 6.06. The molecule has 0 radical (unpaired) electrons. The lowest BCUT2D eigenvalue weighted by atomic mass is 10.2. The monoisotopic (exact) mass is 275 g/mol. The fraction of sp³-hybridized carbons (Fsp3) is 0.455. The van der Waals surface area contributed by atoms with Crippen molar-refractivity contribution in [2.45, 2.75) is 4.71 Å². The first-order valence-electron chi connectivity index (χ1n) is 5.38. The minimum absolute atomic E-state index is 0.373. The lowest BCUT2D eigenvalue weighted by molar-refractivity contribution is 0.0729. The highest BCUT2D eigenvalue weighted by molar-refractivity contribution is 7.90. The Morgan fingerprint density at radius 2 is 1.76 bits per heavy atom. The van der Waals surface area contributed by atoms with Crippen LogP contribution in [0.4, 0.5) is 0 Å². The largest absolute Gasteiger partial charge is 0.379 e. The maximum Gasteiger partial charge on any atom is 0.235 e. The molecule has 0 bridgehead atoms. The van der Waals surface area contributed by atoms with E-state index in [4.69, 9.17) is 16.3 Å². The average molecular weight is 276 g/mol. The van der Waals surface area contributed by atoms with Gasteiger partial charge in [-0.05, 0) is 5.56 Å². The molecule has 17 heavy (non-hydrogen) atoms. The Kier molecular flexibility index (Phi) is 4.04. The normalized spacial score (nSPS) is 20.1. The Morgan fingerprint density at radius 3 is 2.35 bits per heavy atom. The van der Waals surface area contributed by atoms with Crippen LogP contribution in [0, 0.1) is 0 Å². The predicted octanol–water partition coefficient (Wildman–Crippen LogP) is 1.59. The quantitative estimate of drug-likeness (QED) is 0.787. The molecule has 0 saturated carbocycles. The lowest BCUT2D eigenvalue weighted by Crippen LogP contribution is -2.41. The van der Waals surface area contributed by atoms with Crippen molar-refractivity contribution >= 4 is 21.6 Å². The van der Waals surface area contributed by atoms with Crippen molar-refractivity contribution in [3.63, 3.8) is 0 Å². The summed E-state index contributed by atoms with van der Waals surface area (Å²) in [5, 5.41) is 0. The number of sulfonamides is 1. The number of hydrogen-bond donors (Lipinski definition) is 0. The fourth-order valence-corrected chi connectivity index (χ4v) is 3.61. The molecule has 0 amide bonds. The molecule has 1 aromatic carbocycles. The number of alkyl halides is 1. The van der Waals surface area contributed by atoms with E-state index < -0.39 is 14.7 Å². The highest BCUT2D eigenvalue weighted by Crippen LogP contribution is 2.29. The van der Waals surface area contributed by atoms with Gasteiger partial charge < -0.3 is 4.74 Å². The summed E-state index contributed by atoms with van der Waals surface area (Å²) in [7, 11) is -3.50. The van der Waals surface area contributed by atoms with Gasteiger partial charge in [0.1, 0.15) is 0 Å². The van der Waals surface area contributed by atoms with Gasteiger partial charge >= 0.3 is 0 Å². The van der Waals surface area contributed by atoms with Crippen LogP contribution in [-0.2, 0) is 14.8 Å². The van der Waals surface area contributed by atoms with Crippen molar-refractivity contribution in [1.82, 2.24) is 4.31 Å². The number of morpholine rings is 1. The molecule has 1 aromatic rings. The topological polar surface area (TPSA) is 46.6 Å². The predicted molar refractivity (Wildman–Crippen MR) is 66.3 cm³/mol. The number of ether oxygens (including phenoxy) is 1. The molecular formula is C11H14ClNO3S. The van der Waals surface area contributed by atoms with Crippen LogP contribution < -0.4 is 0 Å². The van der Waals surface area contributed by atoms with Gasteiger partial charge in [0.2, 0.25) is 10.0 Å². The maximum absolute atomic E-state index is 12.2. The molecule has 1 saturated heterocycles. The molecular weight excluding hydrogens is 262 g/mol. The van der Waals surface area contributed by atoms with E-state index in [-0.39, 0.29) is 0 Å². The van der Waals surface area contributed by atoms with Crippen molar-refractivity contribution in [3.05, 3.63) is 35.9 Å². The molecule has 94 valence electrons. The molecule has 0 aliphatic carbocycles. The molecule has 1 unspecified atom stereocenters. The van der Waals surface area contributed by atoms with Gasteiger partial charge in [-0.25, -0.2) is 8.42 Å². The zero-order valence-electron chi connectivity index (χ0n) is 9.25. The van der Waals surface area contributed by atoms with E-state index in [0.717, 1.165) is 0 Å². The van der Waals surface area contributed by atoms with E-state index in [2.05, 4.69) is 0 Å². The minimum atomic E-state index is -3.50. The molecule has 0 spiro atoms. The first kappa shape index (κ1) is 12.8. The Labute approximate surface area is 106 Å². The number of nitrogens with zero attached hydrogens (tertiary/aromatic N) is 1. The van der Waals surface area contributed by atoms with Crippen molar-refractivity contribution in [2.24, 2.45) is 0 Å². The Morgan fingerprint density at radius 1 is 1.18 bits per heavy atom. The molecule has 1 heterocycles. The zero-order valence-corrected chi connectivity index (χ0v) is 10.8. The summed E-state index contributed by atoms with van der Waals surface area (Å²) < 4.78 is 29.9. The van der Waals surface area contributed by atoms with Crippen LogP contribution in [0.1, 0.15) is 10.3 Å². The molecule has 1 aliphatic rings. The van der Waals surface area contributed by atoms with E-state index in [9.17, 15) is 8.42 Å². The van der Waals surface area contributed by atoms with Crippen LogP contribution in [0.3, 0.4) is 0 Å². The summed E-state index contributed by atoms with van der Waals surface area (Å²) in [4.78, 5) is 0. The van der Waals surface area contributed by atoms with Crippen molar-refractivity contribution in [1.29, 1.82) is 0 Å². The van der Waals surface area contributed by atoms with Gasteiger partial charge in [0.25, 0.3) is 0 Å². The lowest BCUT2D eigenvalue weighted by Gasteiger charge is -2.28. The van der Waals surface area contributed by atoms with Crippen LogP contribution in [0.5, 0.6) is 0 Å². The number of benzene rings is 1. The van der Waals surface area contributed by atoms with Crippen LogP contribution >= 0.6 is 11.6 Å². The maximum atomic E-state index is 12.2. The van der Waals surface area contributed by atoms with Crippen molar-refractivity contribution in [2.75, 3.05) is 26.3 Å². The Bertz CT molecular complexity index is 457. The minimum Gasteiger partial charge on any atom is -0.379 e. The summed E-state index contributed by atoms with van der Waals surface area (Å²) in [6.07, 6.45) is 0. The van der Waals surface area contributed by atoms with Gasteiger partial charge in [-0.3, -0.25) is 0 Å². The van der Waals surface area contributed by atoms with Gasteiger partial charge in [0.05, 0.1) is 13.2 Å². The highest BCUT2D eigenvalue weighted by Gasteiger charge is 2.32. The molecule has 4 nitrogen and oxygen atoms in total. The first-order chi connectivity index (χ1) is 8.12. The average Bonchev–Trinajstić information content (AvgIpc) is 2.40. The summed E-state index contributed by atoms with van der Waals surface area (Å²) in [5.74, 6) is 0. The van der Waals surface area contributed by atoms with Gasteiger partial charge in [0.15, 0.2) is 4.71 Å². The van der Waals surface area contributed by atoms with E-state index in [1.807, 2.05) is 6.07 Å². The SMILES string of the molecule is O=S(=O)(C(Cl)c1ccccc1)N1CCOCC1. The first-order valence-corrected chi connectivity index (χ1v) is 7.32. The van der Waals surface area contributed by atoms with Gasteiger partial charge in [-0.1, -0.05) is 41.9 Å². The van der Waals surface area contributed by atoms with Crippen molar-refractivity contribution in [3.8, 4) is 0 Å². The zero-order chi connectivity index (χ0) is 12.3. The number of halogens is 1. The molecule has 0 aromatic heterocycles. The van der Waals surface area contributed by atoms with Gasteiger partial charge in [0, 0.05) is 13.1 Å². The van der Waals surface area contributed by atoms with E-state index in [1.54, 1.807) is 24.3 Å². The standard InChI is InChI=1S/C11H14ClNO3S/c12-11(10-4-2-1-3-5-10)17(14,15)13-6-8-16-9-7-13/h1-5,11H,6-9H2. The van der Waals surface area contributed by atoms with Crippen LogP contribution in [0.15, 0.2) is 30.3 Å². The smallest absolute Gasteiger partial charge is 0.235 e. The third kappa shape index (κ3) is 2.80. The van der Waals surface area contributed by atoms with E-state index in [0.29, 0.717) is 31.9 Å². The molecule has 1 aliphatic heterocycles. The Balaban J connectivity index is 2.20. The second kappa shape index (κ2) is 5.35. The molecule has 2 rings (SSSR count). The van der Waals surface area contributed by atoms with E-state index >= 15 is 0 Å². The van der Waals surface area contributed by atoms with Crippen LogP contribution in [0.25, 0.3) is 0 Å². The van der Waals surface area contributed by atoms with Crippen LogP contribution in [0.2, 0.25) is 0 Å². The Hall–Kier alpha value is -0.620. The second-order valence-electron chi connectivity index (χ2n) is 3.78. The third-order valence-electron chi connectivity index (χ3n) is 2.65. The third-order valence-corrected chi connectivity index (χ3v) is 5.46. The number of hydrogen-bond acceptors (Lipinski definition) is 3. The fourth-order valence-electron chi connectivity index (χ4n) is 1.71. The number of rotatable bonds is 3. The molecule has 1 fully saturated rings. The van der Waals surface area contributed by atoms with Gasteiger partial charge in [-0.15, -0.1) is 0 Å². The summed E-state index contributed by atoms with van der Waals surface area (Å²) in [6, 6.07) is 8.82. The van der Waals surface area contributed by atoms with E-state index in [1.165, 1.54) is 4.31 Å². The highest BCUT2D eigenvalue weighted by atomic mass is 35.5. The van der Waals surface area contributed by atoms with Gasteiger partial charge in [-0.2, -0.15) is 4.31 Å².